The van der Waals surface area contributed by atoms with Crippen molar-refractivity contribution in [2.24, 2.45) is 0 Å². The molecule has 0 bridgehead atoms. The lowest BCUT2D eigenvalue weighted by molar-refractivity contribution is 0.217. The molecule has 0 saturated heterocycles. The number of ether oxygens (including phenoxy) is 3. The van der Waals surface area contributed by atoms with E-state index in [4.69, 9.17) is 19.9 Å². The largest absolute Gasteiger partial charge is 0.494 e. The molecule has 21 heavy (non-hydrogen) atoms. The first-order chi connectivity index (χ1) is 10.2. The molecule has 2 aromatic carbocycles. The van der Waals surface area contributed by atoms with Gasteiger partial charge < -0.3 is 19.9 Å². The van der Waals surface area contributed by atoms with E-state index in [0.29, 0.717) is 31.3 Å². The molecule has 0 aromatic heterocycles. The first-order valence-corrected chi connectivity index (χ1v) is 7.03. The van der Waals surface area contributed by atoms with Crippen LogP contribution in [0.15, 0.2) is 42.5 Å². The zero-order valence-corrected chi connectivity index (χ0v) is 12.5. The average molecular weight is 287 g/mol. The van der Waals surface area contributed by atoms with Gasteiger partial charge in [0.1, 0.15) is 30.5 Å². The summed E-state index contributed by atoms with van der Waals surface area (Å²) in [5, 5.41) is 0. The Labute approximate surface area is 125 Å². The van der Waals surface area contributed by atoms with Crippen molar-refractivity contribution in [2.45, 2.75) is 13.8 Å². The Morgan fingerprint density at radius 2 is 1.62 bits per heavy atom. The number of aryl methyl sites for hydroxylation is 1. The van der Waals surface area contributed by atoms with Crippen molar-refractivity contribution in [3.05, 3.63) is 48.0 Å². The topological polar surface area (TPSA) is 53.7 Å². The minimum atomic E-state index is 0.437. The molecule has 0 aliphatic heterocycles. The fraction of sp³-hybridized carbons (Fsp3) is 0.294. The van der Waals surface area contributed by atoms with E-state index in [9.17, 15) is 0 Å². The Hall–Kier alpha value is -2.36. The summed E-state index contributed by atoms with van der Waals surface area (Å²) < 4.78 is 16.7. The van der Waals surface area contributed by atoms with Gasteiger partial charge in [0, 0.05) is 6.07 Å². The number of hydrogen-bond donors (Lipinski definition) is 1. The monoisotopic (exact) mass is 287 g/mol. The Kier molecular flexibility index (Phi) is 5.32. The summed E-state index contributed by atoms with van der Waals surface area (Å²) in [5.74, 6) is 2.27. The van der Waals surface area contributed by atoms with Gasteiger partial charge in [-0.05, 0) is 43.7 Å². The Balaban J connectivity index is 1.81. The van der Waals surface area contributed by atoms with Crippen LogP contribution in [0.2, 0.25) is 0 Å². The second kappa shape index (κ2) is 7.43. The number of benzene rings is 2. The number of anilines is 1. The van der Waals surface area contributed by atoms with Gasteiger partial charge in [0.05, 0.1) is 12.3 Å². The van der Waals surface area contributed by atoms with Gasteiger partial charge in [-0.2, -0.15) is 0 Å². The summed E-state index contributed by atoms with van der Waals surface area (Å²) in [6.45, 7) is 5.48. The maximum absolute atomic E-state index is 5.85. The SMILES string of the molecule is CCOc1cccc(OCCOc2cc(C)ccc2N)c1. The van der Waals surface area contributed by atoms with Gasteiger partial charge in [0.15, 0.2) is 0 Å². The lowest BCUT2D eigenvalue weighted by Gasteiger charge is -2.11. The highest BCUT2D eigenvalue weighted by Gasteiger charge is 2.01. The maximum atomic E-state index is 5.85. The van der Waals surface area contributed by atoms with Crippen LogP contribution in [0.4, 0.5) is 5.69 Å². The number of nitrogen functional groups attached to an aromatic ring is 1. The third kappa shape index (κ3) is 4.60. The van der Waals surface area contributed by atoms with Crippen molar-refractivity contribution in [3.8, 4) is 17.2 Å². The standard InChI is InChI=1S/C17H21NO3/c1-3-19-14-5-4-6-15(12-14)20-9-10-21-17-11-13(2)7-8-16(17)18/h4-8,11-12H,3,9-10,18H2,1-2H3. The van der Waals surface area contributed by atoms with Gasteiger partial charge in [0.2, 0.25) is 0 Å². The lowest BCUT2D eigenvalue weighted by Crippen LogP contribution is -2.10. The van der Waals surface area contributed by atoms with Crippen molar-refractivity contribution in [1.29, 1.82) is 0 Å². The average Bonchev–Trinajstić information content (AvgIpc) is 2.48. The van der Waals surface area contributed by atoms with Crippen LogP contribution < -0.4 is 19.9 Å². The van der Waals surface area contributed by atoms with Gasteiger partial charge in [-0.1, -0.05) is 12.1 Å². The molecule has 0 unspecified atom stereocenters. The predicted molar refractivity (Wildman–Crippen MR) is 84.2 cm³/mol. The zero-order valence-electron chi connectivity index (χ0n) is 12.5. The molecule has 0 atom stereocenters. The Bertz CT molecular complexity index is 584. The minimum Gasteiger partial charge on any atom is -0.494 e. The van der Waals surface area contributed by atoms with E-state index in [1.54, 1.807) is 0 Å². The molecular weight excluding hydrogens is 266 g/mol. The van der Waals surface area contributed by atoms with Crippen molar-refractivity contribution >= 4 is 5.69 Å². The second-order valence-corrected chi connectivity index (χ2v) is 4.65. The molecule has 0 aliphatic rings. The van der Waals surface area contributed by atoms with Crippen LogP contribution in [0.3, 0.4) is 0 Å². The highest BCUT2D eigenvalue weighted by atomic mass is 16.5. The molecule has 112 valence electrons. The molecular formula is C17H21NO3. The third-order valence-electron chi connectivity index (χ3n) is 2.90. The molecule has 0 saturated carbocycles. The van der Waals surface area contributed by atoms with Crippen molar-refractivity contribution in [1.82, 2.24) is 0 Å². The summed E-state index contributed by atoms with van der Waals surface area (Å²) in [7, 11) is 0. The molecule has 0 radical (unpaired) electrons. The van der Waals surface area contributed by atoms with Crippen LogP contribution in [-0.2, 0) is 0 Å². The van der Waals surface area contributed by atoms with Crippen molar-refractivity contribution < 1.29 is 14.2 Å². The quantitative estimate of drug-likeness (QED) is 0.626. The van der Waals surface area contributed by atoms with Crippen molar-refractivity contribution in [3.63, 3.8) is 0 Å². The summed E-state index contributed by atoms with van der Waals surface area (Å²) in [6, 6.07) is 13.3. The van der Waals surface area contributed by atoms with Crippen molar-refractivity contribution in [2.75, 3.05) is 25.6 Å². The van der Waals surface area contributed by atoms with E-state index in [0.717, 1.165) is 17.1 Å². The molecule has 0 aliphatic carbocycles. The number of nitrogens with two attached hydrogens (primary N) is 1. The molecule has 0 fully saturated rings. The van der Waals surface area contributed by atoms with Crippen LogP contribution in [0.1, 0.15) is 12.5 Å². The second-order valence-electron chi connectivity index (χ2n) is 4.65. The lowest BCUT2D eigenvalue weighted by atomic mass is 10.2. The van der Waals surface area contributed by atoms with Crippen LogP contribution in [-0.4, -0.2) is 19.8 Å². The smallest absolute Gasteiger partial charge is 0.142 e. The molecule has 0 spiro atoms. The molecule has 2 rings (SSSR count). The van der Waals surface area contributed by atoms with E-state index >= 15 is 0 Å². The fourth-order valence-electron chi connectivity index (χ4n) is 1.90. The molecule has 4 nitrogen and oxygen atoms in total. The van der Waals surface area contributed by atoms with Crippen LogP contribution in [0.5, 0.6) is 17.2 Å². The molecule has 4 heteroatoms. The first kappa shape index (κ1) is 15.0. The van der Waals surface area contributed by atoms with E-state index in [2.05, 4.69) is 0 Å². The van der Waals surface area contributed by atoms with Crippen LogP contribution in [0.25, 0.3) is 0 Å². The van der Waals surface area contributed by atoms with Gasteiger partial charge in [-0.15, -0.1) is 0 Å². The van der Waals surface area contributed by atoms with Gasteiger partial charge >= 0.3 is 0 Å². The summed E-state index contributed by atoms with van der Waals surface area (Å²) in [4.78, 5) is 0. The summed E-state index contributed by atoms with van der Waals surface area (Å²) in [5.41, 5.74) is 7.61. The van der Waals surface area contributed by atoms with Crippen LogP contribution in [0, 0.1) is 6.92 Å². The van der Waals surface area contributed by atoms with Gasteiger partial charge in [-0.25, -0.2) is 0 Å². The Morgan fingerprint density at radius 1 is 0.905 bits per heavy atom. The summed E-state index contributed by atoms with van der Waals surface area (Å²) in [6.07, 6.45) is 0. The molecule has 2 N–H and O–H groups in total. The fourth-order valence-corrected chi connectivity index (χ4v) is 1.90. The van der Waals surface area contributed by atoms with Gasteiger partial charge in [-0.3, -0.25) is 0 Å². The number of rotatable bonds is 7. The van der Waals surface area contributed by atoms with E-state index in [1.165, 1.54) is 0 Å². The molecule has 0 amide bonds. The molecule has 0 heterocycles. The number of hydrogen-bond acceptors (Lipinski definition) is 4. The first-order valence-electron chi connectivity index (χ1n) is 7.03. The zero-order chi connectivity index (χ0) is 15.1. The normalized spacial score (nSPS) is 10.2. The predicted octanol–water partition coefficient (Wildman–Crippen LogP) is 3.43. The maximum Gasteiger partial charge on any atom is 0.142 e. The summed E-state index contributed by atoms with van der Waals surface area (Å²) >= 11 is 0. The minimum absolute atomic E-state index is 0.437. The van der Waals surface area contributed by atoms with Gasteiger partial charge in [0.25, 0.3) is 0 Å². The highest BCUT2D eigenvalue weighted by molar-refractivity contribution is 5.53. The van der Waals surface area contributed by atoms with Crippen LogP contribution >= 0.6 is 0 Å². The van der Waals surface area contributed by atoms with E-state index in [-0.39, 0.29) is 0 Å². The van der Waals surface area contributed by atoms with E-state index in [1.807, 2.05) is 56.3 Å². The Morgan fingerprint density at radius 3 is 2.38 bits per heavy atom. The third-order valence-corrected chi connectivity index (χ3v) is 2.90. The molecule has 2 aromatic rings. The van der Waals surface area contributed by atoms with E-state index < -0.39 is 0 Å². The highest BCUT2D eigenvalue weighted by Crippen LogP contribution is 2.22.